The summed E-state index contributed by atoms with van der Waals surface area (Å²) in [6.07, 6.45) is -2.75. The summed E-state index contributed by atoms with van der Waals surface area (Å²) in [5, 5.41) is 12.3. The number of carboxylic acid groups (broad SMARTS) is 1. The van der Waals surface area contributed by atoms with Crippen molar-refractivity contribution in [1.29, 1.82) is 0 Å². The first kappa shape index (κ1) is 27.8. The standard InChI is InChI=1S/C30H28F3N3O3S/c1-2-3-14-35-17-24(29(38)39)36-27(37)26(34)23(16-19-10-6-9-18-8-4-5-13-22(18)19)25(28(36)40-35)20-11-7-12-21(15-20)30(31,32)33/h4-13,15,24H,2-3,14,16-17,34H2,1H3,(H,38,39). The van der Waals surface area contributed by atoms with Gasteiger partial charge in [0.25, 0.3) is 5.56 Å². The van der Waals surface area contributed by atoms with E-state index < -0.39 is 29.3 Å². The molecule has 3 aromatic carbocycles. The third-order valence-electron chi connectivity index (χ3n) is 7.18. The van der Waals surface area contributed by atoms with Crippen LogP contribution in [0.2, 0.25) is 0 Å². The number of nitrogens with two attached hydrogens (primary N) is 1. The molecule has 0 radical (unpaired) electrons. The number of rotatable bonds is 7. The van der Waals surface area contributed by atoms with Crippen LogP contribution in [-0.4, -0.2) is 33.0 Å². The van der Waals surface area contributed by atoms with Gasteiger partial charge in [-0.25, -0.2) is 9.10 Å². The topological polar surface area (TPSA) is 88.6 Å². The Hall–Kier alpha value is -3.76. The van der Waals surface area contributed by atoms with Crippen LogP contribution in [0.3, 0.4) is 0 Å². The first-order valence-electron chi connectivity index (χ1n) is 13.0. The van der Waals surface area contributed by atoms with Gasteiger partial charge in [0, 0.05) is 25.1 Å². The van der Waals surface area contributed by atoms with Gasteiger partial charge in [-0.1, -0.05) is 67.9 Å². The Kier molecular flexibility index (Phi) is 7.65. The summed E-state index contributed by atoms with van der Waals surface area (Å²) in [6.45, 7) is 2.64. The third-order valence-corrected chi connectivity index (χ3v) is 8.35. The van der Waals surface area contributed by atoms with E-state index in [0.29, 0.717) is 17.7 Å². The summed E-state index contributed by atoms with van der Waals surface area (Å²) in [7, 11) is 0. The molecule has 4 aromatic rings. The fraction of sp³-hybridized carbons (Fsp3) is 0.267. The average Bonchev–Trinajstić information content (AvgIpc) is 2.94. The molecule has 0 aliphatic carbocycles. The van der Waals surface area contributed by atoms with Crippen LogP contribution in [0, 0.1) is 0 Å². The van der Waals surface area contributed by atoms with E-state index in [1.807, 2.05) is 53.7 Å². The highest BCUT2D eigenvalue weighted by atomic mass is 32.2. The molecule has 40 heavy (non-hydrogen) atoms. The molecule has 0 amide bonds. The van der Waals surface area contributed by atoms with E-state index in [0.717, 1.165) is 45.9 Å². The minimum atomic E-state index is -4.59. The number of aromatic nitrogens is 1. The number of alkyl halides is 3. The van der Waals surface area contributed by atoms with Gasteiger partial charge >= 0.3 is 12.1 Å². The molecule has 3 N–H and O–H groups in total. The first-order chi connectivity index (χ1) is 19.1. The van der Waals surface area contributed by atoms with Crippen molar-refractivity contribution >= 4 is 34.4 Å². The lowest BCUT2D eigenvalue weighted by Crippen LogP contribution is -2.43. The number of carboxylic acids is 1. The van der Waals surface area contributed by atoms with Crippen LogP contribution in [0.25, 0.3) is 21.9 Å². The Morgan fingerprint density at radius 2 is 1.82 bits per heavy atom. The lowest BCUT2D eigenvalue weighted by atomic mass is 9.92. The summed E-state index contributed by atoms with van der Waals surface area (Å²) < 4.78 is 44.4. The van der Waals surface area contributed by atoms with Gasteiger partial charge in [0.05, 0.1) is 5.56 Å². The Morgan fingerprint density at radius 3 is 2.55 bits per heavy atom. The Bertz CT molecular complexity index is 1650. The largest absolute Gasteiger partial charge is 0.480 e. The van der Waals surface area contributed by atoms with Gasteiger partial charge < -0.3 is 10.8 Å². The molecule has 208 valence electrons. The quantitative estimate of drug-likeness (QED) is 0.245. The second-order valence-electron chi connectivity index (χ2n) is 9.83. The van der Waals surface area contributed by atoms with Crippen LogP contribution >= 0.6 is 11.9 Å². The number of anilines is 1. The number of hydrogen-bond donors (Lipinski definition) is 2. The van der Waals surface area contributed by atoms with Crippen molar-refractivity contribution in [3.05, 3.63) is 93.8 Å². The zero-order valence-electron chi connectivity index (χ0n) is 21.7. The summed E-state index contributed by atoms with van der Waals surface area (Å²) in [5.41, 5.74) is 6.58. The molecule has 1 aliphatic heterocycles. The average molecular weight is 568 g/mol. The highest BCUT2D eigenvalue weighted by molar-refractivity contribution is 7.97. The third kappa shape index (κ3) is 5.21. The summed E-state index contributed by atoms with van der Waals surface area (Å²) in [5.74, 6) is -1.21. The van der Waals surface area contributed by atoms with Crippen molar-refractivity contribution in [1.82, 2.24) is 8.87 Å². The van der Waals surface area contributed by atoms with Gasteiger partial charge in [0.2, 0.25) is 0 Å². The monoisotopic (exact) mass is 567 g/mol. The second kappa shape index (κ2) is 11.0. The van der Waals surface area contributed by atoms with E-state index in [2.05, 4.69) is 0 Å². The summed E-state index contributed by atoms with van der Waals surface area (Å²) in [4.78, 5) is 26.1. The number of carbonyl (C=O) groups is 1. The second-order valence-corrected chi connectivity index (χ2v) is 10.9. The maximum Gasteiger partial charge on any atom is 0.416 e. The lowest BCUT2D eigenvalue weighted by Gasteiger charge is -2.35. The molecule has 1 unspecified atom stereocenters. The number of unbranched alkanes of at least 4 members (excludes halogenated alkanes) is 1. The van der Waals surface area contributed by atoms with E-state index >= 15 is 0 Å². The fourth-order valence-corrected chi connectivity index (χ4v) is 6.48. The molecule has 0 bridgehead atoms. The van der Waals surface area contributed by atoms with Crippen molar-refractivity contribution in [3.8, 4) is 11.1 Å². The predicted molar refractivity (Wildman–Crippen MR) is 151 cm³/mol. The highest BCUT2D eigenvalue weighted by Crippen LogP contribution is 2.44. The van der Waals surface area contributed by atoms with Crippen molar-refractivity contribution in [2.45, 2.75) is 43.4 Å². The molecule has 5 rings (SSSR count). The maximum atomic E-state index is 13.8. The molecule has 1 aromatic heterocycles. The van der Waals surface area contributed by atoms with Crippen molar-refractivity contribution in [2.75, 3.05) is 18.8 Å². The van der Waals surface area contributed by atoms with E-state index in [1.54, 1.807) is 6.07 Å². The molecule has 0 fully saturated rings. The molecule has 1 atom stereocenters. The molecule has 10 heteroatoms. The smallest absolute Gasteiger partial charge is 0.416 e. The number of nitrogen functional groups attached to an aromatic ring is 1. The van der Waals surface area contributed by atoms with Crippen LogP contribution in [0.5, 0.6) is 0 Å². The van der Waals surface area contributed by atoms with Crippen LogP contribution in [0.1, 0.15) is 42.5 Å². The zero-order chi connectivity index (χ0) is 28.6. The van der Waals surface area contributed by atoms with Crippen LogP contribution in [0.15, 0.2) is 76.6 Å². The van der Waals surface area contributed by atoms with Crippen molar-refractivity contribution < 1.29 is 23.1 Å². The van der Waals surface area contributed by atoms with E-state index in [4.69, 9.17) is 5.73 Å². The molecular weight excluding hydrogens is 539 g/mol. The number of halogens is 3. The van der Waals surface area contributed by atoms with Gasteiger partial charge in [-0.05, 0) is 58.0 Å². The molecule has 0 spiro atoms. The SMILES string of the molecule is CCCCN1CC(C(=O)O)n2c(c(-c3cccc(C(F)(F)F)c3)c(Cc3cccc4ccccc34)c(N)c2=O)S1. The number of fused-ring (bicyclic) bond motifs is 2. The number of aliphatic carboxylic acids is 1. The van der Waals surface area contributed by atoms with Crippen LogP contribution < -0.4 is 11.3 Å². The normalized spacial score (nSPS) is 15.8. The zero-order valence-corrected chi connectivity index (χ0v) is 22.6. The lowest BCUT2D eigenvalue weighted by molar-refractivity contribution is -0.141. The van der Waals surface area contributed by atoms with E-state index in [1.165, 1.54) is 18.0 Å². The van der Waals surface area contributed by atoms with Gasteiger partial charge in [-0.2, -0.15) is 13.2 Å². The van der Waals surface area contributed by atoms with Crippen LogP contribution in [0.4, 0.5) is 18.9 Å². The minimum absolute atomic E-state index is 0.0665. The highest BCUT2D eigenvalue weighted by Gasteiger charge is 2.37. The summed E-state index contributed by atoms with van der Waals surface area (Å²) in [6, 6.07) is 17.1. The number of nitrogens with zero attached hydrogens (tertiary/aromatic N) is 2. The summed E-state index contributed by atoms with van der Waals surface area (Å²) >= 11 is 1.20. The van der Waals surface area contributed by atoms with Crippen molar-refractivity contribution in [3.63, 3.8) is 0 Å². The maximum absolute atomic E-state index is 13.8. The van der Waals surface area contributed by atoms with Gasteiger partial charge in [0.1, 0.15) is 16.8 Å². The first-order valence-corrected chi connectivity index (χ1v) is 13.7. The predicted octanol–water partition coefficient (Wildman–Crippen LogP) is 6.61. The van der Waals surface area contributed by atoms with Gasteiger partial charge in [0.15, 0.2) is 0 Å². The molecule has 0 saturated heterocycles. The van der Waals surface area contributed by atoms with Gasteiger partial charge in [-0.15, -0.1) is 0 Å². The molecular formula is C30H28F3N3O3S. The van der Waals surface area contributed by atoms with Crippen LogP contribution in [-0.2, 0) is 17.4 Å². The molecule has 6 nitrogen and oxygen atoms in total. The number of benzene rings is 3. The van der Waals surface area contributed by atoms with Crippen molar-refractivity contribution in [2.24, 2.45) is 0 Å². The Balaban J connectivity index is 1.81. The molecule has 2 heterocycles. The molecule has 1 aliphatic rings. The van der Waals surface area contributed by atoms with E-state index in [-0.39, 0.29) is 29.2 Å². The number of pyridine rings is 1. The Labute approximate surface area is 233 Å². The molecule has 0 saturated carbocycles. The fourth-order valence-electron chi connectivity index (χ4n) is 5.17. The number of hydrogen-bond acceptors (Lipinski definition) is 5. The minimum Gasteiger partial charge on any atom is -0.480 e. The van der Waals surface area contributed by atoms with Gasteiger partial charge in [-0.3, -0.25) is 9.36 Å². The Morgan fingerprint density at radius 1 is 1.10 bits per heavy atom. The van der Waals surface area contributed by atoms with E-state index in [9.17, 15) is 27.9 Å².